The van der Waals surface area contributed by atoms with Crippen LogP contribution in [0, 0.1) is 13.8 Å². The van der Waals surface area contributed by atoms with E-state index in [2.05, 4.69) is 18.7 Å². The van der Waals surface area contributed by atoms with E-state index in [4.69, 9.17) is 0 Å². The predicted octanol–water partition coefficient (Wildman–Crippen LogP) is 2.61. The normalized spacial score (nSPS) is 10.8. The maximum absolute atomic E-state index is 12.3. The van der Waals surface area contributed by atoms with E-state index in [0.29, 0.717) is 6.54 Å². The number of hydrogen-bond donors (Lipinski definition) is 0. The van der Waals surface area contributed by atoms with E-state index >= 15 is 0 Å². The lowest BCUT2D eigenvalue weighted by molar-refractivity contribution is -0.119. The molecule has 3 nitrogen and oxygen atoms in total. The van der Waals surface area contributed by atoms with Crippen LogP contribution in [-0.2, 0) is 4.79 Å². The van der Waals surface area contributed by atoms with E-state index in [0.717, 1.165) is 29.9 Å². The smallest absolute Gasteiger partial charge is 0.240 e. The Hall–Kier alpha value is -1.35. The van der Waals surface area contributed by atoms with Gasteiger partial charge in [-0.15, -0.1) is 0 Å². The van der Waals surface area contributed by atoms with Crippen LogP contribution in [-0.4, -0.2) is 37.5 Å². The fraction of sp³-hybridized carbons (Fsp3) is 0.533. The Morgan fingerprint density at radius 1 is 1.11 bits per heavy atom. The number of amides is 1. The molecule has 0 saturated carbocycles. The van der Waals surface area contributed by atoms with Gasteiger partial charge in [-0.3, -0.25) is 9.69 Å². The molecular formula is C15H24N2O. The molecule has 3 heteroatoms. The number of carbonyl (C=O) groups is 1. The summed E-state index contributed by atoms with van der Waals surface area (Å²) < 4.78 is 0. The Bertz CT molecular complexity index is 391. The second kappa shape index (κ2) is 6.55. The summed E-state index contributed by atoms with van der Waals surface area (Å²) in [6.07, 6.45) is 0. The molecule has 100 valence electrons. The van der Waals surface area contributed by atoms with Gasteiger partial charge in [-0.05, 0) is 38.1 Å². The third kappa shape index (κ3) is 3.33. The van der Waals surface area contributed by atoms with Crippen molar-refractivity contribution >= 4 is 11.6 Å². The Labute approximate surface area is 110 Å². The van der Waals surface area contributed by atoms with Gasteiger partial charge in [0.15, 0.2) is 0 Å². The second-order valence-electron chi connectivity index (χ2n) is 4.65. The first kappa shape index (κ1) is 14.7. The van der Waals surface area contributed by atoms with Gasteiger partial charge in [0.2, 0.25) is 5.91 Å². The van der Waals surface area contributed by atoms with Crippen LogP contribution in [0.4, 0.5) is 5.69 Å². The number of likely N-dealkylation sites (N-methyl/N-ethyl adjacent to an activating group) is 2. The molecule has 0 aliphatic heterocycles. The first-order valence-corrected chi connectivity index (χ1v) is 6.56. The number of anilines is 1. The highest BCUT2D eigenvalue weighted by atomic mass is 16.2. The molecule has 0 spiro atoms. The monoisotopic (exact) mass is 248 g/mol. The molecular weight excluding hydrogens is 224 g/mol. The second-order valence-corrected chi connectivity index (χ2v) is 4.65. The van der Waals surface area contributed by atoms with Gasteiger partial charge in [-0.25, -0.2) is 0 Å². The van der Waals surface area contributed by atoms with Gasteiger partial charge in [0.05, 0.1) is 6.54 Å². The first-order valence-electron chi connectivity index (χ1n) is 6.56. The number of benzene rings is 1. The van der Waals surface area contributed by atoms with Crippen LogP contribution in [0.1, 0.15) is 25.0 Å². The average molecular weight is 248 g/mol. The molecule has 1 amide bonds. The SMILES string of the molecule is CCN(CC)CC(=O)N(C)c1c(C)cccc1C. The van der Waals surface area contributed by atoms with E-state index in [9.17, 15) is 4.79 Å². The van der Waals surface area contributed by atoms with E-state index < -0.39 is 0 Å². The zero-order valence-corrected chi connectivity index (χ0v) is 12.2. The summed E-state index contributed by atoms with van der Waals surface area (Å²) in [4.78, 5) is 16.2. The molecule has 0 aliphatic rings. The van der Waals surface area contributed by atoms with Crippen molar-refractivity contribution in [1.29, 1.82) is 0 Å². The number of rotatable bonds is 5. The first-order chi connectivity index (χ1) is 8.51. The van der Waals surface area contributed by atoms with Gasteiger partial charge in [0.25, 0.3) is 0 Å². The summed E-state index contributed by atoms with van der Waals surface area (Å²) >= 11 is 0. The number of nitrogens with zero attached hydrogens (tertiary/aromatic N) is 2. The Kier molecular flexibility index (Phi) is 5.35. The molecule has 0 N–H and O–H groups in total. The highest BCUT2D eigenvalue weighted by Crippen LogP contribution is 2.23. The highest BCUT2D eigenvalue weighted by Gasteiger charge is 2.16. The molecule has 0 bridgehead atoms. The Balaban J connectivity index is 2.87. The lowest BCUT2D eigenvalue weighted by Crippen LogP contribution is -2.38. The van der Waals surface area contributed by atoms with Crippen LogP contribution in [0.3, 0.4) is 0 Å². The molecule has 1 aromatic carbocycles. The summed E-state index contributed by atoms with van der Waals surface area (Å²) in [5.74, 6) is 0.149. The van der Waals surface area contributed by atoms with Crippen LogP contribution in [0.2, 0.25) is 0 Å². The van der Waals surface area contributed by atoms with E-state index in [1.165, 1.54) is 0 Å². The predicted molar refractivity (Wildman–Crippen MR) is 77.1 cm³/mol. The molecule has 0 fully saturated rings. The van der Waals surface area contributed by atoms with Gasteiger partial charge in [-0.1, -0.05) is 32.0 Å². The van der Waals surface area contributed by atoms with Gasteiger partial charge < -0.3 is 4.90 Å². The van der Waals surface area contributed by atoms with Crippen molar-refractivity contribution < 1.29 is 4.79 Å². The zero-order valence-electron chi connectivity index (χ0n) is 12.2. The number of carbonyl (C=O) groups excluding carboxylic acids is 1. The van der Waals surface area contributed by atoms with Crippen molar-refractivity contribution in [3.8, 4) is 0 Å². The number of para-hydroxylation sites is 1. The Morgan fingerprint density at radius 3 is 2.06 bits per heavy atom. The number of hydrogen-bond acceptors (Lipinski definition) is 2. The van der Waals surface area contributed by atoms with Crippen LogP contribution < -0.4 is 4.90 Å². The molecule has 0 aliphatic carbocycles. The average Bonchev–Trinajstić information content (AvgIpc) is 2.35. The van der Waals surface area contributed by atoms with Gasteiger partial charge in [0.1, 0.15) is 0 Å². The van der Waals surface area contributed by atoms with Gasteiger partial charge in [-0.2, -0.15) is 0 Å². The van der Waals surface area contributed by atoms with E-state index in [1.807, 2.05) is 39.1 Å². The standard InChI is InChI=1S/C15H24N2O/c1-6-17(7-2)11-14(18)16(5)15-12(3)9-8-10-13(15)4/h8-10H,6-7,11H2,1-5H3. The van der Waals surface area contributed by atoms with Gasteiger partial charge >= 0.3 is 0 Å². The molecule has 0 saturated heterocycles. The topological polar surface area (TPSA) is 23.6 Å². The molecule has 0 heterocycles. The quantitative estimate of drug-likeness (QED) is 0.799. The number of aryl methyl sites for hydroxylation is 2. The van der Waals surface area contributed by atoms with Crippen molar-refractivity contribution in [1.82, 2.24) is 4.90 Å². The largest absolute Gasteiger partial charge is 0.314 e. The van der Waals surface area contributed by atoms with Crippen molar-refractivity contribution in [2.24, 2.45) is 0 Å². The van der Waals surface area contributed by atoms with Gasteiger partial charge in [0, 0.05) is 12.7 Å². The summed E-state index contributed by atoms with van der Waals surface area (Å²) in [6, 6.07) is 6.11. The lowest BCUT2D eigenvalue weighted by atomic mass is 10.1. The van der Waals surface area contributed by atoms with E-state index in [-0.39, 0.29) is 5.91 Å². The minimum Gasteiger partial charge on any atom is -0.314 e. The fourth-order valence-corrected chi connectivity index (χ4v) is 2.20. The van der Waals surface area contributed by atoms with Crippen molar-refractivity contribution in [3.63, 3.8) is 0 Å². The molecule has 1 rings (SSSR count). The third-order valence-electron chi connectivity index (χ3n) is 3.40. The van der Waals surface area contributed by atoms with Crippen LogP contribution in [0.5, 0.6) is 0 Å². The molecule has 0 atom stereocenters. The summed E-state index contributed by atoms with van der Waals surface area (Å²) in [5.41, 5.74) is 3.32. The van der Waals surface area contributed by atoms with Crippen LogP contribution in [0.25, 0.3) is 0 Å². The summed E-state index contributed by atoms with van der Waals surface area (Å²) in [5, 5.41) is 0. The Morgan fingerprint density at radius 2 is 1.61 bits per heavy atom. The maximum Gasteiger partial charge on any atom is 0.240 e. The van der Waals surface area contributed by atoms with Crippen molar-refractivity contribution in [2.75, 3.05) is 31.6 Å². The maximum atomic E-state index is 12.3. The molecule has 0 unspecified atom stereocenters. The molecule has 0 aromatic heterocycles. The summed E-state index contributed by atoms with van der Waals surface area (Å²) in [7, 11) is 1.86. The van der Waals surface area contributed by atoms with Crippen molar-refractivity contribution in [2.45, 2.75) is 27.7 Å². The van der Waals surface area contributed by atoms with E-state index in [1.54, 1.807) is 4.90 Å². The highest BCUT2D eigenvalue weighted by molar-refractivity contribution is 5.95. The third-order valence-corrected chi connectivity index (χ3v) is 3.40. The van der Waals surface area contributed by atoms with Crippen molar-refractivity contribution in [3.05, 3.63) is 29.3 Å². The van der Waals surface area contributed by atoms with Crippen LogP contribution >= 0.6 is 0 Å². The zero-order chi connectivity index (χ0) is 13.7. The molecule has 1 aromatic rings. The minimum atomic E-state index is 0.149. The minimum absolute atomic E-state index is 0.149. The molecule has 0 radical (unpaired) electrons. The lowest BCUT2D eigenvalue weighted by Gasteiger charge is -2.25. The van der Waals surface area contributed by atoms with Crippen LogP contribution in [0.15, 0.2) is 18.2 Å². The summed E-state index contributed by atoms with van der Waals surface area (Å²) in [6.45, 7) is 10.5. The molecule has 18 heavy (non-hydrogen) atoms. The fourth-order valence-electron chi connectivity index (χ4n) is 2.20.